The van der Waals surface area contributed by atoms with E-state index in [1.807, 2.05) is 6.07 Å². The van der Waals surface area contributed by atoms with Crippen LogP contribution in [-0.2, 0) is 12.0 Å². The fraction of sp³-hybridized carbons (Fsp3) is 0.333. The van der Waals surface area contributed by atoms with Gasteiger partial charge < -0.3 is 10.2 Å². The van der Waals surface area contributed by atoms with E-state index < -0.39 is 0 Å². The van der Waals surface area contributed by atoms with Crippen LogP contribution in [0, 0.1) is 0 Å². The number of benzene rings is 2. The summed E-state index contributed by atoms with van der Waals surface area (Å²) in [6.45, 7) is 4.02. The highest BCUT2D eigenvalue weighted by Gasteiger charge is 2.44. The quantitative estimate of drug-likeness (QED) is 0.884. The first kappa shape index (κ1) is 14.4. The van der Waals surface area contributed by atoms with Crippen LogP contribution in [0.2, 0.25) is 10.0 Å². The molecular weight excluding hydrogens is 315 g/mol. The van der Waals surface area contributed by atoms with Crippen LogP contribution < -0.4 is 10.2 Å². The number of nitrogens with zero attached hydrogens (tertiary/aromatic N) is 1. The van der Waals surface area contributed by atoms with E-state index >= 15 is 0 Å². The van der Waals surface area contributed by atoms with Crippen molar-refractivity contribution in [3.05, 3.63) is 63.6 Å². The second-order valence-electron chi connectivity index (χ2n) is 6.33. The van der Waals surface area contributed by atoms with Crippen molar-refractivity contribution in [2.45, 2.75) is 18.4 Å². The molecule has 1 fully saturated rings. The Hall–Kier alpha value is -1.22. The van der Waals surface area contributed by atoms with Gasteiger partial charge in [-0.2, -0.15) is 0 Å². The van der Waals surface area contributed by atoms with Crippen molar-refractivity contribution in [3.8, 4) is 0 Å². The number of anilines is 1. The van der Waals surface area contributed by atoms with Gasteiger partial charge in [0.1, 0.15) is 0 Å². The van der Waals surface area contributed by atoms with Gasteiger partial charge in [-0.25, -0.2) is 0 Å². The third-order valence-corrected chi connectivity index (χ3v) is 5.63. The first-order chi connectivity index (χ1) is 10.7. The van der Waals surface area contributed by atoms with E-state index in [9.17, 15) is 0 Å². The topological polar surface area (TPSA) is 15.3 Å². The Morgan fingerprint density at radius 2 is 1.86 bits per heavy atom. The average Bonchev–Trinajstić information content (AvgIpc) is 3.09. The lowest BCUT2D eigenvalue weighted by Crippen LogP contribution is -2.35. The van der Waals surface area contributed by atoms with Crippen LogP contribution >= 0.6 is 23.2 Å². The van der Waals surface area contributed by atoms with Gasteiger partial charge in [-0.15, -0.1) is 0 Å². The van der Waals surface area contributed by atoms with Crippen LogP contribution in [0.1, 0.15) is 17.5 Å². The van der Waals surface area contributed by atoms with Crippen molar-refractivity contribution in [1.82, 2.24) is 5.32 Å². The molecule has 4 heteroatoms. The highest BCUT2D eigenvalue weighted by atomic mass is 35.5. The van der Waals surface area contributed by atoms with E-state index in [-0.39, 0.29) is 5.41 Å². The fourth-order valence-electron chi connectivity index (χ4n) is 3.81. The summed E-state index contributed by atoms with van der Waals surface area (Å²) in [6, 6.07) is 14.7. The molecule has 1 saturated heterocycles. The lowest BCUT2D eigenvalue weighted by atomic mass is 9.82. The minimum atomic E-state index is 0.179. The average molecular weight is 333 g/mol. The van der Waals surface area contributed by atoms with Gasteiger partial charge in [-0.1, -0.05) is 53.5 Å². The van der Waals surface area contributed by atoms with Crippen LogP contribution in [0.25, 0.3) is 0 Å². The van der Waals surface area contributed by atoms with Crippen molar-refractivity contribution >= 4 is 28.9 Å². The molecule has 0 saturated carbocycles. The Morgan fingerprint density at radius 1 is 1.09 bits per heavy atom. The summed E-state index contributed by atoms with van der Waals surface area (Å²) in [7, 11) is 0. The number of nitrogens with one attached hydrogen (secondary N) is 1. The fourth-order valence-corrected chi connectivity index (χ4v) is 4.13. The molecule has 4 rings (SSSR count). The highest BCUT2D eigenvalue weighted by molar-refractivity contribution is 6.42. The number of halogens is 2. The molecule has 1 N–H and O–H groups in total. The molecule has 0 radical (unpaired) electrons. The summed E-state index contributed by atoms with van der Waals surface area (Å²) in [5, 5.41) is 4.81. The van der Waals surface area contributed by atoms with Gasteiger partial charge in [0.25, 0.3) is 0 Å². The molecule has 2 nitrogen and oxygen atoms in total. The minimum Gasteiger partial charge on any atom is -0.366 e. The number of fused-ring (bicyclic) bond motifs is 2. The Bertz CT molecular complexity index is 694. The van der Waals surface area contributed by atoms with Gasteiger partial charge in [0, 0.05) is 30.7 Å². The molecule has 1 unspecified atom stereocenters. The summed E-state index contributed by atoms with van der Waals surface area (Å²) >= 11 is 12.6. The van der Waals surface area contributed by atoms with Crippen molar-refractivity contribution in [2.24, 2.45) is 0 Å². The summed E-state index contributed by atoms with van der Waals surface area (Å²) in [4.78, 5) is 2.44. The van der Waals surface area contributed by atoms with Gasteiger partial charge in [-0.3, -0.25) is 0 Å². The van der Waals surface area contributed by atoms with Gasteiger partial charge >= 0.3 is 0 Å². The summed E-state index contributed by atoms with van der Waals surface area (Å²) in [5.41, 5.74) is 4.09. The van der Waals surface area contributed by atoms with Crippen molar-refractivity contribution in [2.75, 3.05) is 24.5 Å². The molecule has 22 heavy (non-hydrogen) atoms. The van der Waals surface area contributed by atoms with E-state index in [1.54, 1.807) is 0 Å². The van der Waals surface area contributed by atoms with Gasteiger partial charge in [0.05, 0.1) is 10.0 Å². The predicted octanol–water partition coefficient (Wildman–Crippen LogP) is 4.24. The molecular formula is C18H18Cl2N2. The Balaban J connectivity index is 1.75. The zero-order valence-electron chi connectivity index (χ0n) is 12.3. The molecule has 0 bridgehead atoms. The first-order valence-electron chi connectivity index (χ1n) is 7.67. The van der Waals surface area contributed by atoms with Crippen molar-refractivity contribution < 1.29 is 0 Å². The van der Waals surface area contributed by atoms with Crippen LogP contribution in [-0.4, -0.2) is 19.6 Å². The molecule has 2 aromatic carbocycles. The molecule has 2 aliphatic heterocycles. The number of hydrogen-bond donors (Lipinski definition) is 1. The zero-order chi connectivity index (χ0) is 15.2. The van der Waals surface area contributed by atoms with Crippen LogP contribution in [0.15, 0.2) is 42.5 Å². The van der Waals surface area contributed by atoms with E-state index in [0.717, 1.165) is 32.6 Å². The first-order valence-corrected chi connectivity index (χ1v) is 8.43. The molecule has 2 aliphatic rings. The number of rotatable bonds is 2. The molecule has 2 aromatic rings. The number of hydrogen-bond acceptors (Lipinski definition) is 2. The lowest BCUT2D eigenvalue weighted by Gasteiger charge is -2.25. The van der Waals surface area contributed by atoms with Gasteiger partial charge in [0.2, 0.25) is 0 Å². The molecule has 0 amide bonds. The summed E-state index contributed by atoms with van der Waals surface area (Å²) < 4.78 is 0. The van der Waals surface area contributed by atoms with E-state index in [0.29, 0.717) is 10.0 Å². The Labute approximate surface area is 141 Å². The maximum atomic E-state index is 6.29. The van der Waals surface area contributed by atoms with Crippen LogP contribution in [0.3, 0.4) is 0 Å². The molecule has 2 heterocycles. The molecule has 114 valence electrons. The second-order valence-corrected chi connectivity index (χ2v) is 7.15. The molecule has 0 aliphatic carbocycles. The van der Waals surface area contributed by atoms with Crippen LogP contribution in [0.4, 0.5) is 5.69 Å². The maximum Gasteiger partial charge on any atom is 0.0613 e. The smallest absolute Gasteiger partial charge is 0.0613 e. The monoisotopic (exact) mass is 332 g/mol. The molecule has 1 spiro atoms. The maximum absolute atomic E-state index is 6.29. The zero-order valence-corrected chi connectivity index (χ0v) is 13.8. The summed E-state index contributed by atoms with van der Waals surface area (Å²) in [6.07, 6.45) is 1.16. The minimum absolute atomic E-state index is 0.179. The third kappa shape index (κ3) is 2.30. The van der Waals surface area contributed by atoms with Crippen molar-refractivity contribution in [3.63, 3.8) is 0 Å². The highest BCUT2D eigenvalue weighted by Crippen LogP contribution is 2.47. The Kier molecular flexibility index (Phi) is 3.56. The van der Waals surface area contributed by atoms with E-state index in [2.05, 4.69) is 46.6 Å². The third-order valence-electron chi connectivity index (χ3n) is 4.90. The Morgan fingerprint density at radius 3 is 2.59 bits per heavy atom. The lowest BCUT2D eigenvalue weighted by molar-refractivity contribution is 0.495. The predicted molar refractivity (Wildman–Crippen MR) is 93.1 cm³/mol. The normalized spacial score (nSPS) is 23.3. The second kappa shape index (κ2) is 5.45. The van der Waals surface area contributed by atoms with Gasteiger partial charge in [-0.05, 0) is 36.2 Å². The van der Waals surface area contributed by atoms with Crippen molar-refractivity contribution in [1.29, 1.82) is 0 Å². The standard InChI is InChI=1S/C18H18Cl2N2/c19-15-8-14-17(9-16(15)20)22(10-13-4-2-1-3-5-13)12-18(14)6-7-21-11-18/h1-5,8-9,21H,6-7,10-12H2. The SMILES string of the molecule is Clc1cc2c(cc1Cl)C1(CCNC1)CN2Cc1ccccc1. The molecule has 0 aromatic heterocycles. The summed E-state index contributed by atoms with van der Waals surface area (Å²) in [5.74, 6) is 0. The largest absolute Gasteiger partial charge is 0.366 e. The van der Waals surface area contributed by atoms with E-state index in [4.69, 9.17) is 23.2 Å². The van der Waals surface area contributed by atoms with Gasteiger partial charge in [0.15, 0.2) is 0 Å². The molecule has 1 atom stereocenters. The van der Waals surface area contributed by atoms with Crippen LogP contribution in [0.5, 0.6) is 0 Å². The van der Waals surface area contributed by atoms with E-state index in [1.165, 1.54) is 16.8 Å².